The van der Waals surface area contributed by atoms with Gasteiger partial charge in [-0.25, -0.2) is 0 Å². The van der Waals surface area contributed by atoms with Crippen molar-refractivity contribution in [2.75, 3.05) is 6.61 Å². The molecule has 0 saturated carbocycles. The normalized spacial score (nSPS) is 5.62. The minimum atomic E-state index is 0.130. The lowest BCUT2D eigenvalue weighted by atomic mass is 10.9. The fourth-order valence-corrected chi connectivity index (χ4v) is 0. The van der Waals surface area contributed by atoms with Gasteiger partial charge in [0.25, 0.3) is 0 Å². The molecule has 0 aliphatic rings. The first kappa shape index (κ1) is 36.8. The molecule has 0 rings (SSSR count). The molecular formula is C6H33OP9. The Morgan fingerprint density at radius 3 is 0.938 bits per heavy atom. The monoisotopic (exact) mass is 400 g/mol. The molecule has 10 heteroatoms. The van der Waals surface area contributed by atoms with Gasteiger partial charge in [-0.1, -0.05) is 35.7 Å². The Kier molecular flexibility index (Phi) is 176. The molecule has 0 fully saturated rings. The smallest absolute Gasteiger partial charge is 0.0402 e. The average Bonchev–Trinajstić information content (AvgIpc) is 2.27. The van der Waals surface area contributed by atoms with E-state index >= 15 is 0 Å². The van der Waals surface area contributed by atoms with E-state index < -0.39 is 0 Å². The number of aliphatic hydroxyl groups is 1. The topological polar surface area (TPSA) is 20.2 Å². The maximum Gasteiger partial charge on any atom is 0.0402 e. The van der Waals surface area contributed by atoms with Crippen LogP contribution in [-0.2, 0) is 0 Å². The van der Waals surface area contributed by atoms with Gasteiger partial charge in [0.1, 0.15) is 0 Å². The molecular weight excluding hydrogens is 367 g/mol. The van der Waals surface area contributed by atoms with Gasteiger partial charge in [0.15, 0.2) is 0 Å². The van der Waals surface area contributed by atoms with E-state index in [9.17, 15) is 0 Å². The third-order valence-electron chi connectivity index (χ3n) is 0. The van der Waals surface area contributed by atoms with Crippen LogP contribution in [0.2, 0.25) is 0 Å². The summed E-state index contributed by atoms with van der Waals surface area (Å²) >= 11 is 0. The molecule has 0 aliphatic heterocycles. The Morgan fingerprint density at radius 2 is 0.938 bits per heavy atom. The van der Waals surface area contributed by atoms with Crippen molar-refractivity contribution in [3.8, 4) is 0 Å². The summed E-state index contributed by atoms with van der Waals surface area (Å²) in [5, 5.41) is 7.57. The van der Waals surface area contributed by atoms with Crippen molar-refractivity contribution >= 4 is 77.4 Å². The molecule has 0 aromatic rings. The molecule has 7 unspecified atom stereocenters. The van der Waals surface area contributed by atoms with E-state index in [1.54, 1.807) is 6.92 Å². The minimum absolute atomic E-state index is 0.130. The minimum Gasteiger partial charge on any atom is -0.397 e. The lowest BCUT2D eigenvalue weighted by Gasteiger charge is -1.81. The molecule has 0 aromatic carbocycles. The second kappa shape index (κ2) is 76.8. The maximum atomic E-state index is 7.57. The van der Waals surface area contributed by atoms with E-state index in [4.69, 9.17) is 5.11 Å². The predicted molar refractivity (Wildman–Crippen MR) is 119 cm³/mol. The fourth-order valence-electron chi connectivity index (χ4n) is 0. The zero-order valence-corrected chi connectivity index (χ0v) is 21.1. The van der Waals surface area contributed by atoms with Crippen molar-refractivity contribution in [1.82, 2.24) is 0 Å². The lowest BCUT2D eigenvalue weighted by Crippen LogP contribution is -1.57. The zero-order valence-electron chi connectivity index (χ0n) is 11.1. The van der Waals surface area contributed by atoms with Crippen LogP contribution in [0.5, 0.6) is 0 Å². The van der Waals surface area contributed by atoms with E-state index in [1.807, 2.05) is 27.7 Å². The third-order valence-corrected chi connectivity index (χ3v) is 0. The Labute approximate surface area is 123 Å². The summed E-state index contributed by atoms with van der Waals surface area (Å²) in [6.45, 7) is 10.1. The Morgan fingerprint density at radius 1 is 0.938 bits per heavy atom. The van der Waals surface area contributed by atoms with E-state index in [2.05, 4.69) is 62.5 Å². The summed E-state index contributed by atoms with van der Waals surface area (Å²) in [5.74, 6) is 0. The lowest BCUT2D eigenvalue weighted by molar-refractivity contribution is 0.318. The van der Waals surface area contributed by atoms with Crippen LogP contribution in [0, 0.1) is 0 Å². The molecule has 0 spiro atoms. The van der Waals surface area contributed by atoms with E-state index in [-0.39, 0.29) is 13.6 Å². The van der Waals surface area contributed by atoms with Gasteiger partial charge in [-0.15, -0.1) is 62.5 Å². The van der Waals surface area contributed by atoms with Crippen LogP contribution in [0.4, 0.5) is 0 Å². The van der Waals surface area contributed by atoms with Gasteiger partial charge in [-0.3, -0.25) is 0 Å². The third kappa shape index (κ3) is 344. The largest absolute Gasteiger partial charge is 0.397 e. The van der Waals surface area contributed by atoms with Gasteiger partial charge in [0.2, 0.25) is 0 Å². The highest BCUT2D eigenvalue weighted by molar-refractivity contribution is 8.65. The van der Waals surface area contributed by atoms with Crippen molar-refractivity contribution in [2.45, 2.75) is 34.6 Å². The zero-order chi connectivity index (χ0) is 15.0. The molecule has 0 aromatic heterocycles. The summed E-state index contributed by atoms with van der Waals surface area (Å²) in [7, 11) is 18.7. The standard InChI is InChI=1S/C2H6O.2C2H6.H6P4.H5P3.H4P2/c1-2-3;2*1-2;1-4(2)3;1-3-2;1-2/h3H,2H2,1H3;2*1-2H3;1-3H2;3H,1-2H2;1-2H2. The van der Waals surface area contributed by atoms with Crippen molar-refractivity contribution < 1.29 is 5.11 Å². The van der Waals surface area contributed by atoms with Gasteiger partial charge in [-0.2, -0.15) is 0 Å². The van der Waals surface area contributed by atoms with Crippen LogP contribution in [0.15, 0.2) is 0 Å². The molecule has 16 heavy (non-hydrogen) atoms. The highest BCUT2D eigenvalue weighted by Gasteiger charge is 1.66. The molecule has 1 N–H and O–H groups in total. The van der Waals surface area contributed by atoms with E-state index in [0.717, 1.165) is 7.96 Å². The van der Waals surface area contributed by atoms with Crippen LogP contribution in [0.25, 0.3) is 0 Å². The molecule has 7 atom stereocenters. The molecule has 0 amide bonds. The number of hydrogen-bond donors (Lipinski definition) is 1. The van der Waals surface area contributed by atoms with Crippen LogP contribution in [0.1, 0.15) is 34.6 Å². The molecule has 0 saturated heterocycles. The number of rotatable bonds is 0. The summed E-state index contributed by atoms with van der Waals surface area (Å²) in [6, 6.07) is 0. The molecule has 0 radical (unpaired) electrons. The summed E-state index contributed by atoms with van der Waals surface area (Å²) in [6.07, 6.45) is 0. The first-order valence-electron chi connectivity index (χ1n) is 4.71. The van der Waals surface area contributed by atoms with Gasteiger partial charge in [-0.05, 0) is 13.9 Å². The Hall–Kier alpha value is 3.83. The second-order valence-electron chi connectivity index (χ2n) is 0.930. The van der Waals surface area contributed by atoms with Crippen LogP contribution in [-0.4, -0.2) is 11.7 Å². The summed E-state index contributed by atoms with van der Waals surface area (Å²) in [4.78, 5) is 0. The van der Waals surface area contributed by atoms with Crippen molar-refractivity contribution in [1.29, 1.82) is 0 Å². The summed E-state index contributed by atoms with van der Waals surface area (Å²) < 4.78 is 0. The molecule has 1 nitrogen and oxygen atoms in total. The first-order chi connectivity index (χ1) is 7.56. The number of hydrogen-bond acceptors (Lipinski definition) is 1. The van der Waals surface area contributed by atoms with Crippen LogP contribution in [0.3, 0.4) is 0 Å². The first-order valence-corrected chi connectivity index (χ1v) is 18.2. The molecule has 0 bridgehead atoms. The van der Waals surface area contributed by atoms with E-state index in [0.29, 0.717) is 0 Å². The highest BCUT2D eigenvalue weighted by Crippen LogP contribution is 2.59. The van der Waals surface area contributed by atoms with Crippen molar-refractivity contribution in [2.24, 2.45) is 0 Å². The van der Waals surface area contributed by atoms with Gasteiger partial charge in [0, 0.05) is 6.61 Å². The Bertz CT molecular complexity index is 36.4. The SMILES string of the molecule is CC.CC.CCO.PP.PP(P)P.PPP. The molecule has 108 valence electrons. The van der Waals surface area contributed by atoms with Crippen LogP contribution < -0.4 is 0 Å². The Balaban J connectivity index is -0.0000000193. The van der Waals surface area contributed by atoms with Crippen LogP contribution >= 0.6 is 77.4 Å². The van der Waals surface area contributed by atoms with Gasteiger partial charge in [0.05, 0.1) is 0 Å². The average molecular weight is 400 g/mol. The summed E-state index contributed by atoms with van der Waals surface area (Å²) in [5.41, 5.74) is 0. The highest BCUT2D eigenvalue weighted by atomic mass is 32.7. The second-order valence-corrected chi connectivity index (χ2v) is 16.9. The van der Waals surface area contributed by atoms with Crippen molar-refractivity contribution in [3.05, 3.63) is 0 Å². The van der Waals surface area contributed by atoms with Gasteiger partial charge >= 0.3 is 0 Å². The fraction of sp³-hybridized carbons (Fsp3) is 1.00. The predicted octanol–water partition coefficient (Wildman–Crippen LogP) is 5.79. The molecule has 0 heterocycles. The van der Waals surface area contributed by atoms with Crippen molar-refractivity contribution in [3.63, 3.8) is 0 Å². The van der Waals surface area contributed by atoms with Gasteiger partial charge < -0.3 is 5.11 Å². The van der Waals surface area contributed by atoms with E-state index in [1.165, 1.54) is 0 Å². The quantitative estimate of drug-likeness (QED) is 0.511. The molecule has 0 aliphatic carbocycles. The number of aliphatic hydroxyl groups excluding tert-OH is 1. The maximum absolute atomic E-state index is 7.57.